The second-order valence-corrected chi connectivity index (χ2v) is 7.12. The standard InChI is InChI=1S/C18H16FNO2S/c1-13(14-6-9-17(19)10-7-14)20-23(21,22)18-11-8-15-4-2-3-5-16(15)12-18/h2-13,20H,1H3/t13-/m1/s1. The van der Waals surface area contributed by atoms with Crippen LogP contribution in [0.2, 0.25) is 0 Å². The van der Waals surface area contributed by atoms with Crippen molar-refractivity contribution >= 4 is 20.8 Å². The molecule has 3 aromatic rings. The van der Waals surface area contributed by atoms with E-state index in [9.17, 15) is 12.8 Å². The molecule has 1 atom stereocenters. The van der Waals surface area contributed by atoms with Crippen LogP contribution in [0.4, 0.5) is 4.39 Å². The minimum Gasteiger partial charge on any atom is -0.207 e. The van der Waals surface area contributed by atoms with Crippen LogP contribution in [0, 0.1) is 5.82 Å². The van der Waals surface area contributed by atoms with E-state index in [2.05, 4.69) is 4.72 Å². The molecule has 0 saturated carbocycles. The molecule has 0 aromatic heterocycles. The van der Waals surface area contributed by atoms with Gasteiger partial charge in [-0.1, -0.05) is 42.5 Å². The molecule has 0 aliphatic heterocycles. The molecule has 23 heavy (non-hydrogen) atoms. The lowest BCUT2D eigenvalue weighted by atomic mass is 10.1. The molecule has 0 unspecified atom stereocenters. The summed E-state index contributed by atoms with van der Waals surface area (Å²) in [5.74, 6) is -0.349. The van der Waals surface area contributed by atoms with Crippen molar-refractivity contribution in [2.75, 3.05) is 0 Å². The Morgan fingerprint density at radius 2 is 1.57 bits per heavy atom. The summed E-state index contributed by atoms with van der Waals surface area (Å²) in [6, 6.07) is 17.9. The molecule has 0 spiro atoms. The molecule has 0 radical (unpaired) electrons. The van der Waals surface area contributed by atoms with Gasteiger partial charge in [0, 0.05) is 6.04 Å². The molecule has 0 amide bonds. The Labute approximate surface area is 134 Å². The molecule has 3 aromatic carbocycles. The Morgan fingerprint density at radius 1 is 0.913 bits per heavy atom. The van der Waals surface area contributed by atoms with Crippen LogP contribution in [-0.4, -0.2) is 8.42 Å². The van der Waals surface area contributed by atoms with Crippen LogP contribution >= 0.6 is 0 Å². The smallest absolute Gasteiger partial charge is 0.207 e. The van der Waals surface area contributed by atoms with Gasteiger partial charge in [-0.3, -0.25) is 0 Å². The maximum Gasteiger partial charge on any atom is 0.241 e. The zero-order valence-corrected chi connectivity index (χ0v) is 13.3. The maximum absolute atomic E-state index is 13.0. The molecule has 0 aliphatic carbocycles. The van der Waals surface area contributed by atoms with Crippen LogP contribution in [0.1, 0.15) is 18.5 Å². The second kappa shape index (κ2) is 6.10. The van der Waals surface area contributed by atoms with E-state index in [1.807, 2.05) is 24.3 Å². The van der Waals surface area contributed by atoms with Crippen molar-refractivity contribution < 1.29 is 12.8 Å². The van der Waals surface area contributed by atoms with Gasteiger partial charge in [-0.15, -0.1) is 0 Å². The van der Waals surface area contributed by atoms with Crippen molar-refractivity contribution in [3.8, 4) is 0 Å². The van der Waals surface area contributed by atoms with Gasteiger partial charge in [0.2, 0.25) is 10.0 Å². The average molecular weight is 329 g/mol. The lowest BCUT2D eigenvalue weighted by Crippen LogP contribution is -2.26. The molecular formula is C18H16FNO2S. The van der Waals surface area contributed by atoms with Gasteiger partial charge < -0.3 is 0 Å². The van der Waals surface area contributed by atoms with E-state index in [1.165, 1.54) is 12.1 Å². The third-order valence-electron chi connectivity index (χ3n) is 3.73. The molecule has 118 valence electrons. The first-order valence-corrected chi connectivity index (χ1v) is 8.71. The fraction of sp³-hybridized carbons (Fsp3) is 0.111. The molecule has 0 saturated heterocycles. The van der Waals surface area contributed by atoms with Gasteiger partial charge in [0.1, 0.15) is 5.82 Å². The number of rotatable bonds is 4. The van der Waals surface area contributed by atoms with Crippen LogP contribution in [0.5, 0.6) is 0 Å². The van der Waals surface area contributed by atoms with Gasteiger partial charge in [0.05, 0.1) is 4.90 Å². The summed E-state index contributed by atoms with van der Waals surface area (Å²) in [6.07, 6.45) is 0. The highest BCUT2D eigenvalue weighted by Crippen LogP contribution is 2.21. The van der Waals surface area contributed by atoms with Crippen LogP contribution in [0.15, 0.2) is 71.6 Å². The SMILES string of the molecule is C[C@@H](NS(=O)(=O)c1ccc2ccccc2c1)c1ccc(F)cc1. The molecule has 0 fully saturated rings. The summed E-state index contributed by atoms with van der Waals surface area (Å²) >= 11 is 0. The van der Waals surface area contributed by atoms with E-state index in [-0.39, 0.29) is 10.7 Å². The van der Waals surface area contributed by atoms with Crippen molar-refractivity contribution in [1.82, 2.24) is 4.72 Å². The van der Waals surface area contributed by atoms with E-state index in [0.717, 1.165) is 10.8 Å². The van der Waals surface area contributed by atoms with E-state index < -0.39 is 16.1 Å². The Balaban J connectivity index is 1.89. The van der Waals surface area contributed by atoms with Crippen molar-refractivity contribution in [1.29, 1.82) is 0 Å². The van der Waals surface area contributed by atoms with Crippen molar-refractivity contribution in [2.45, 2.75) is 17.9 Å². The number of hydrogen-bond donors (Lipinski definition) is 1. The fourth-order valence-electron chi connectivity index (χ4n) is 2.45. The quantitative estimate of drug-likeness (QED) is 0.786. The number of halogens is 1. The molecule has 0 aliphatic rings. The number of fused-ring (bicyclic) bond motifs is 1. The number of benzene rings is 3. The third kappa shape index (κ3) is 3.41. The zero-order chi connectivity index (χ0) is 16.4. The van der Waals surface area contributed by atoms with Crippen molar-refractivity contribution in [3.63, 3.8) is 0 Å². The lowest BCUT2D eigenvalue weighted by molar-refractivity contribution is 0.566. The maximum atomic E-state index is 13.0. The Kier molecular flexibility index (Phi) is 4.15. The highest BCUT2D eigenvalue weighted by atomic mass is 32.2. The normalized spacial score (nSPS) is 13.1. The molecule has 3 nitrogen and oxygen atoms in total. The summed E-state index contributed by atoms with van der Waals surface area (Å²) in [4.78, 5) is 0.213. The molecule has 0 bridgehead atoms. The fourth-order valence-corrected chi connectivity index (χ4v) is 3.72. The third-order valence-corrected chi connectivity index (χ3v) is 5.27. The van der Waals surface area contributed by atoms with Crippen molar-refractivity contribution in [2.24, 2.45) is 0 Å². The monoisotopic (exact) mass is 329 g/mol. The molecular weight excluding hydrogens is 313 g/mol. The molecule has 5 heteroatoms. The highest BCUT2D eigenvalue weighted by Gasteiger charge is 2.18. The summed E-state index contributed by atoms with van der Waals surface area (Å²) in [5, 5.41) is 1.85. The minimum absolute atomic E-state index is 0.213. The number of sulfonamides is 1. The zero-order valence-electron chi connectivity index (χ0n) is 12.5. The predicted octanol–water partition coefficient (Wildman–Crippen LogP) is 4.02. The van der Waals surface area contributed by atoms with Gasteiger partial charge in [-0.05, 0) is 47.5 Å². The molecule has 1 N–H and O–H groups in total. The van der Waals surface area contributed by atoms with Crippen LogP contribution in [-0.2, 0) is 10.0 Å². The second-order valence-electron chi connectivity index (χ2n) is 5.40. The Morgan fingerprint density at radius 3 is 2.26 bits per heavy atom. The van der Waals surface area contributed by atoms with Gasteiger partial charge in [-0.25, -0.2) is 17.5 Å². The number of nitrogens with one attached hydrogen (secondary N) is 1. The summed E-state index contributed by atoms with van der Waals surface area (Å²) < 4.78 is 40.7. The predicted molar refractivity (Wildman–Crippen MR) is 89.1 cm³/mol. The van der Waals surface area contributed by atoms with E-state index in [0.29, 0.717) is 5.56 Å². The minimum atomic E-state index is -3.65. The van der Waals surface area contributed by atoms with E-state index >= 15 is 0 Å². The van der Waals surface area contributed by atoms with Gasteiger partial charge in [-0.2, -0.15) is 0 Å². The van der Waals surface area contributed by atoms with Crippen LogP contribution in [0.3, 0.4) is 0 Å². The van der Waals surface area contributed by atoms with Crippen LogP contribution < -0.4 is 4.72 Å². The van der Waals surface area contributed by atoms with Gasteiger partial charge >= 0.3 is 0 Å². The van der Waals surface area contributed by atoms with Crippen LogP contribution in [0.25, 0.3) is 10.8 Å². The largest absolute Gasteiger partial charge is 0.241 e. The summed E-state index contributed by atoms with van der Waals surface area (Å²) in [7, 11) is -3.65. The lowest BCUT2D eigenvalue weighted by Gasteiger charge is -2.15. The average Bonchev–Trinajstić information content (AvgIpc) is 2.54. The Bertz CT molecular complexity index is 937. The van der Waals surface area contributed by atoms with Gasteiger partial charge in [0.25, 0.3) is 0 Å². The van der Waals surface area contributed by atoms with Gasteiger partial charge in [0.15, 0.2) is 0 Å². The first-order chi connectivity index (χ1) is 11.0. The van der Waals surface area contributed by atoms with E-state index in [1.54, 1.807) is 37.3 Å². The first-order valence-electron chi connectivity index (χ1n) is 7.22. The highest BCUT2D eigenvalue weighted by molar-refractivity contribution is 7.89. The first kappa shape index (κ1) is 15.6. The van der Waals surface area contributed by atoms with Crippen molar-refractivity contribution in [3.05, 3.63) is 78.1 Å². The number of hydrogen-bond acceptors (Lipinski definition) is 2. The Hall–Kier alpha value is -2.24. The summed E-state index contributed by atoms with van der Waals surface area (Å²) in [5.41, 5.74) is 0.704. The molecule has 0 heterocycles. The van der Waals surface area contributed by atoms with E-state index in [4.69, 9.17) is 0 Å². The topological polar surface area (TPSA) is 46.2 Å². The summed E-state index contributed by atoms with van der Waals surface area (Å²) in [6.45, 7) is 1.73. The molecule has 3 rings (SSSR count).